The maximum Gasteiger partial charge on any atom is 0.115 e. The summed E-state index contributed by atoms with van der Waals surface area (Å²) in [5.41, 5.74) is 6.41. The summed E-state index contributed by atoms with van der Waals surface area (Å²) >= 11 is 0. The minimum atomic E-state index is 0.297. The zero-order chi connectivity index (χ0) is 8.81. The minimum Gasteiger partial charge on any atom is -0.508 e. The van der Waals surface area contributed by atoms with Crippen molar-refractivity contribution in [2.75, 3.05) is 6.54 Å². The van der Waals surface area contributed by atoms with Gasteiger partial charge >= 0.3 is 0 Å². The molecule has 0 radical (unpaired) electrons. The largest absolute Gasteiger partial charge is 0.508 e. The van der Waals surface area contributed by atoms with E-state index in [9.17, 15) is 0 Å². The molecule has 2 heteroatoms. The Hall–Kier alpha value is -1.28. The van der Waals surface area contributed by atoms with Gasteiger partial charge in [-0.2, -0.15) is 0 Å². The Morgan fingerprint density at radius 1 is 1.25 bits per heavy atom. The van der Waals surface area contributed by atoms with Crippen molar-refractivity contribution in [3.05, 3.63) is 35.9 Å². The van der Waals surface area contributed by atoms with Crippen molar-refractivity contribution in [1.29, 1.82) is 0 Å². The smallest absolute Gasteiger partial charge is 0.115 e. The molecule has 0 amide bonds. The molecule has 12 heavy (non-hydrogen) atoms. The van der Waals surface area contributed by atoms with E-state index in [1.54, 1.807) is 12.1 Å². The third-order valence-corrected chi connectivity index (χ3v) is 1.54. The van der Waals surface area contributed by atoms with E-state index in [4.69, 9.17) is 10.8 Å². The number of aromatic hydroxyl groups is 1. The van der Waals surface area contributed by atoms with Crippen LogP contribution in [0, 0.1) is 0 Å². The normalized spacial score (nSPS) is 10.8. The van der Waals surface area contributed by atoms with E-state index in [1.807, 2.05) is 24.3 Å². The van der Waals surface area contributed by atoms with Crippen molar-refractivity contribution < 1.29 is 5.11 Å². The molecule has 0 atom stereocenters. The molecule has 0 saturated carbocycles. The van der Waals surface area contributed by atoms with Crippen molar-refractivity contribution in [3.63, 3.8) is 0 Å². The van der Waals surface area contributed by atoms with Crippen LogP contribution in [-0.4, -0.2) is 11.7 Å². The molecule has 0 aliphatic rings. The lowest BCUT2D eigenvalue weighted by Crippen LogP contribution is -1.94. The second-order valence-corrected chi connectivity index (χ2v) is 2.57. The Morgan fingerprint density at radius 3 is 2.50 bits per heavy atom. The molecule has 0 aromatic heterocycles. The average molecular weight is 163 g/mol. The van der Waals surface area contributed by atoms with Crippen LogP contribution in [0.3, 0.4) is 0 Å². The van der Waals surface area contributed by atoms with E-state index >= 15 is 0 Å². The first-order valence-electron chi connectivity index (χ1n) is 3.98. The van der Waals surface area contributed by atoms with Crippen molar-refractivity contribution in [3.8, 4) is 5.75 Å². The SMILES string of the molecule is NCC/C=C\c1ccc(O)cc1. The second-order valence-electron chi connectivity index (χ2n) is 2.57. The lowest BCUT2D eigenvalue weighted by molar-refractivity contribution is 0.475. The molecule has 0 heterocycles. The highest BCUT2D eigenvalue weighted by molar-refractivity contribution is 5.50. The summed E-state index contributed by atoms with van der Waals surface area (Å²) in [7, 11) is 0. The summed E-state index contributed by atoms with van der Waals surface area (Å²) in [4.78, 5) is 0. The van der Waals surface area contributed by atoms with Crippen LogP contribution in [0.1, 0.15) is 12.0 Å². The van der Waals surface area contributed by atoms with Crippen LogP contribution in [0.4, 0.5) is 0 Å². The Morgan fingerprint density at radius 2 is 1.92 bits per heavy atom. The number of phenols is 1. The third-order valence-electron chi connectivity index (χ3n) is 1.54. The van der Waals surface area contributed by atoms with Gasteiger partial charge in [-0.15, -0.1) is 0 Å². The van der Waals surface area contributed by atoms with E-state index in [1.165, 1.54) is 0 Å². The molecule has 0 aliphatic carbocycles. The number of benzene rings is 1. The van der Waals surface area contributed by atoms with Crippen molar-refractivity contribution in [2.45, 2.75) is 6.42 Å². The van der Waals surface area contributed by atoms with Gasteiger partial charge in [0.2, 0.25) is 0 Å². The van der Waals surface area contributed by atoms with Gasteiger partial charge in [0.05, 0.1) is 0 Å². The fraction of sp³-hybridized carbons (Fsp3) is 0.200. The van der Waals surface area contributed by atoms with E-state index in [0.29, 0.717) is 12.3 Å². The van der Waals surface area contributed by atoms with Crippen molar-refractivity contribution in [2.24, 2.45) is 5.73 Å². The van der Waals surface area contributed by atoms with Crippen LogP contribution in [-0.2, 0) is 0 Å². The molecule has 64 valence electrons. The fourth-order valence-corrected chi connectivity index (χ4v) is 0.901. The monoisotopic (exact) mass is 163 g/mol. The van der Waals surface area contributed by atoms with Crippen LogP contribution in [0.5, 0.6) is 5.75 Å². The molecule has 3 N–H and O–H groups in total. The molecule has 0 saturated heterocycles. The highest BCUT2D eigenvalue weighted by atomic mass is 16.3. The first-order chi connectivity index (χ1) is 5.83. The first-order valence-corrected chi connectivity index (χ1v) is 3.98. The van der Waals surface area contributed by atoms with Crippen LogP contribution >= 0.6 is 0 Å². The van der Waals surface area contributed by atoms with Crippen LogP contribution in [0.15, 0.2) is 30.3 Å². The standard InChI is InChI=1S/C10H13NO/c11-8-2-1-3-9-4-6-10(12)7-5-9/h1,3-7,12H,2,8,11H2/b3-1-. The molecule has 1 rings (SSSR count). The molecule has 2 nitrogen and oxygen atoms in total. The number of nitrogens with two attached hydrogens (primary N) is 1. The van der Waals surface area contributed by atoms with Gasteiger partial charge in [-0.1, -0.05) is 24.3 Å². The second kappa shape index (κ2) is 4.57. The van der Waals surface area contributed by atoms with E-state index in [-0.39, 0.29) is 0 Å². The topological polar surface area (TPSA) is 46.2 Å². The Labute approximate surface area is 72.3 Å². The summed E-state index contributed by atoms with van der Waals surface area (Å²) in [6, 6.07) is 7.06. The zero-order valence-corrected chi connectivity index (χ0v) is 6.90. The van der Waals surface area contributed by atoms with Gasteiger partial charge in [-0.25, -0.2) is 0 Å². The highest BCUT2D eigenvalue weighted by Gasteiger charge is 1.86. The zero-order valence-electron chi connectivity index (χ0n) is 6.90. The summed E-state index contributed by atoms with van der Waals surface area (Å²) in [5, 5.41) is 8.98. The Kier molecular flexibility index (Phi) is 3.35. The van der Waals surface area contributed by atoms with Crippen molar-refractivity contribution in [1.82, 2.24) is 0 Å². The van der Waals surface area contributed by atoms with Gasteiger partial charge in [0, 0.05) is 0 Å². The maximum atomic E-state index is 8.98. The first kappa shape index (κ1) is 8.81. The van der Waals surface area contributed by atoms with Crippen LogP contribution in [0.2, 0.25) is 0 Å². The molecule has 0 bridgehead atoms. The van der Waals surface area contributed by atoms with E-state index in [2.05, 4.69) is 0 Å². The third kappa shape index (κ3) is 2.76. The van der Waals surface area contributed by atoms with Gasteiger partial charge in [0.25, 0.3) is 0 Å². The lowest BCUT2D eigenvalue weighted by Gasteiger charge is -1.93. The summed E-state index contributed by atoms with van der Waals surface area (Å²) in [6.07, 6.45) is 4.90. The lowest BCUT2D eigenvalue weighted by atomic mass is 10.2. The van der Waals surface area contributed by atoms with E-state index < -0.39 is 0 Å². The quantitative estimate of drug-likeness (QED) is 0.713. The number of rotatable bonds is 3. The van der Waals surface area contributed by atoms with Gasteiger partial charge in [-0.3, -0.25) is 0 Å². The number of hydrogen-bond acceptors (Lipinski definition) is 2. The summed E-state index contributed by atoms with van der Waals surface area (Å²) in [5.74, 6) is 0.297. The maximum absolute atomic E-state index is 8.98. The molecule has 0 aliphatic heterocycles. The molecular formula is C10H13NO. The number of hydrogen-bond donors (Lipinski definition) is 2. The molecular weight excluding hydrogens is 150 g/mol. The van der Waals surface area contributed by atoms with Crippen molar-refractivity contribution >= 4 is 6.08 Å². The van der Waals surface area contributed by atoms with Gasteiger partial charge in [-0.05, 0) is 30.7 Å². The molecule has 0 spiro atoms. The molecule has 1 aromatic carbocycles. The number of phenolic OH excluding ortho intramolecular Hbond substituents is 1. The van der Waals surface area contributed by atoms with Crippen LogP contribution < -0.4 is 5.73 Å². The summed E-state index contributed by atoms with van der Waals surface area (Å²) < 4.78 is 0. The minimum absolute atomic E-state index is 0.297. The van der Waals surface area contributed by atoms with Gasteiger partial charge < -0.3 is 10.8 Å². The van der Waals surface area contributed by atoms with Gasteiger partial charge in [0.15, 0.2) is 0 Å². The average Bonchev–Trinajstić information content (AvgIpc) is 2.09. The summed E-state index contributed by atoms with van der Waals surface area (Å²) in [6.45, 7) is 0.675. The predicted molar refractivity (Wildman–Crippen MR) is 50.8 cm³/mol. The van der Waals surface area contributed by atoms with E-state index in [0.717, 1.165) is 12.0 Å². The highest BCUT2D eigenvalue weighted by Crippen LogP contribution is 2.10. The molecule has 0 unspecified atom stereocenters. The molecule has 1 aromatic rings. The molecule has 0 fully saturated rings. The van der Waals surface area contributed by atoms with Gasteiger partial charge in [0.1, 0.15) is 5.75 Å². The Bertz CT molecular complexity index is 251. The fourth-order valence-electron chi connectivity index (χ4n) is 0.901. The Balaban J connectivity index is 2.58. The van der Waals surface area contributed by atoms with Crippen LogP contribution in [0.25, 0.3) is 6.08 Å². The predicted octanol–water partition coefficient (Wildman–Crippen LogP) is 1.75.